The number of esters is 1. The van der Waals surface area contributed by atoms with Crippen LogP contribution in [0.3, 0.4) is 0 Å². The van der Waals surface area contributed by atoms with Gasteiger partial charge in [-0.05, 0) is 12.5 Å². The molecule has 0 spiro atoms. The molecule has 0 radical (unpaired) electrons. The first kappa shape index (κ1) is 11.7. The molecule has 0 amide bonds. The predicted octanol–water partition coefficient (Wildman–Crippen LogP) is 1.62. The van der Waals surface area contributed by atoms with Crippen molar-refractivity contribution in [2.24, 2.45) is 0 Å². The molecule has 0 fully saturated rings. The number of carbonyl (C=O) groups excluding carboxylic acids is 1. The number of alkyl halides is 1. The fraction of sp³-hybridized carbons (Fsp3) is 0.364. The largest absolute Gasteiger partial charge is 0.464 e. The summed E-state index contributed by atoms with van der Waals surface area (Å²) in [6.45, 7) is 1.72. The lowest BCUT2D eigenvalue weighted by Gasteiger charge is -2.14. The van der Waals surface area contributed by atoms with Crippen LogP contribution in [0.25, 0.3) is 0 Å². The summed E-state index contributed by atoms with van der Waals surface area (Å²) in [6.07, 6.45) is -3.50. The molecule has 0 aliphatic rings. The number of ether oxygens (including phenoxy) is 1. The number of aliphatic hydroxyl groups excluding tert-OH is 1. The van der Waals surface area contributed by atoms with Crippen molar-refractivity contribution in [3.05, 3.63) is 35.9 Å². The van der Waals surface area contributed by atoms with Gasteiger partial charge in [0.25, 0.3) is 0 Å². The molecule has 1 aromatic carbocycles. The average molecular weight is 212 g/mol. The number of hydrogen-bond donors (Lipinski definition) is 1. The van der Waals surface area contributed by atoms with Crippen molar-refractivity contribution in [2.75, 3.05) is 6.61 Å². The van der Waals surface area contributed by atoms with Crippen LogP contribution in [-0.4, -0.2) is 23.8 Å². The zero-order valence-electron chi connectivity index (χ0n) is 8.39. The molecule has 15 heavy (non-hydrogen) atoms. The zero-order chi connectivity index (χ0) is 11.3. The van der Waals surface area contributed by atoms with Gasteiger partial charge in [0.2, 0.25) is 0 Å². The van der Waals surface area contributed by atoms with Crippen LogP contribution in [-0.2, 0) is 9.53 Å². The average Bonchev–Trinajstić information content (AvgIpc) is 2.28. The van der Waals surface area contributed by atoms with Crippen molar-refractivity contribution in [1.29, 1.82) is 0 Å². The van der Waals surface area contributed by atoms with E-state index in [1.165, 1.54) is 12.1 Å². The van der Waals surface area contributed by atoms with E-state index in [2.05, 4.69) is 4.74 Å². The predicted molar refractivity (Wildman–Crippen MR) is 52.9 cm³/mol. The van der Waals surface area contributed by atoms with Gasteiger partial charge in [0.05, 0.1) is 6.61 Å². The van der Waals surface area contributed by atoms with Crippen molar-refractivity contribution in [3.63, 3.8) is 0 Å². The lowest BCUT2D eigenvalue weighted by Crippen LogP contribution is -2.27. The fourth-order valence-corrected chi connectivity index (χ4v) is 1.17. The van der Waals surface area contributed by atoms with Crippen molar-refractivity contribution in [3.8, 4) is 0 Å². The fourth-order valence-electron chi connectivity index (χ4n) is 1.17. The lowest BCUT2D eigenvalue weighted by atomic mass is 10.1. The number of benzene rings is 1. The summed E-state index contributed by atoms with van der Waals surface area (Å²) in [7, 11) is 0. The van der Waals surface area contributed by atoms with E-state index < -0.39 is 18.2 Å². The molecule has 4 heteroatoms. The van der Waals surface area contributed by atoms with Gasteiger partial charge in [0.15, 0.2) is 12.3 Å². The third-order valence-corrected chi connectivity index (χ3v) is 1.92. The first-order valence-electron chi connectivity index (χ1n) is 4.70. The molecule has 0 aliphatic heterocycles. The van der Waals surface area contributed by atoms with Crippen LogP contribution < -0.4 is 0 Å². The highest BCUT2D eigenvalue weighted by Gasteiger charge is 2.28. The molecule has 3 nitrogen and oxygen atoms in total. The molecule has 0 saturated heterocycles. The van der Waals surface area contributed by atoms with Gasteiger partial charge in [0.1, 0.15) is 0 Å². The second kappa shape index (κ2) is 5.46. The van der Waals surface area contributed by atoms with Gasteiger partial charge < -0.3 is 9.84 Å². The van der Waals surface area contributed by atoms with E-state index in [9.17, 15) is 14.3 Å². The smallest absolute Gasteiger partial charge is 0.338 e. The van der Waals surface area contributed by atoms with Crippen LogP contribution >= 0.6 is 0 Å². The van der Waals surface area contributed by atoms with Gasteiger partial charge in [-0.1, -0.05) is 30.3 Å². The molecule has 1 N–H and O–H groups in total. The van der Waals surface area contributed by atoms with Gasteiger partial charge in [-0.15, -0.1) is 0 Å². The number of carbonyl (C=O) groups is 1. The Kier molecular flexibility index (Phi) is 4.24. The minimum absolute atomic E-state index is 0.122. The topological polar surface area (TPSA) is 46.5 Å². The Bertz CT molecular complexity index is 313. The highest BCUT2D eigenvalue weighted by Crippen LogP contribution is 2.21. The third kappa shape index (κ3) is 3.02. The van der Waals surface area contributed by atoms with Crippen LogP contribution in [0.1, 0.15) is 18.7 Å². The van der Waals surface area contributed by atoms with E-state index >= 15 is 0 Å². The second-order valence-electron chi connectivity index (χ2n) is 3.01. The van der Waals surface area contributed by atoms with E-state index in [1.54, 1.807) is 25.1 Å². The minimum atomic E-state index is -1.76. The first-order valence-corrected chi connectivity index (χ1v) is 4.70. The maximum Gasteiger partial charge on any atom is 0.338 e. The third-order valence-electron chi connectivity index (χ3n) is 1.92. The SMILES string of the molecule is CCOC(=O)[C@@H](O)[C@@H](F)c1ccccc1. The molecule has 0 bridgehead atoms. The summed E-state index contributed by atoms with van der Waals surface area (Å²) in [5.41, 5.74) is 0.262. The van der Waals surface area contributed by atoms with E-state index in [-0.39, 0.29) is 12.2 Å². The zero-order valence-corrected chi connectivity index (χ0v) is 8.39. The quantitative estimate of drug-likeness (QED) is 0.771. The molecule has 0 heterocycles. The van der Waals surface area contributed by atoms with Crippen molar-refractivity contribution in [1.82, 2.24) is 0 Å². The summed E-state index contributed by atoms with van der Waals surface area (Å²) < 4.78 is 18.1. The molecule has 1 rings (SSSR count). The van der Waals surface area contributed by atoms with Gasteiger partial charge in [-0.2, -0.15) is 0 Å². The van der Waals surface area contributed by atoms with Crippen LogP contribution in [0.5, 0.6) is 0 Å². The van der Waals surface area contributed by atoms with Gasteiger partial charge >= 0.3 is 5.97 Å². The van der Waals surface area contributed by atoms with E-state index in [4.69, 9.17) is 0 Å². The van der Waals surface area contributed by atoms with Gasteiger partial charge in [-0.25, -0.2) is 9.18 Å². The van der Waals surface area contributed by atoms with Crippen molar-refractivity contribution in [2.45, 2.75) is 19.2 Å². The summed E-state index contributed by atoms with van der Waals surface area (Å²) in [6, 6.07) is 8.02. The summed E-state index contributed by atoms with van der Waals surface area (Å²) in [5.74, 6) is -0.936. The molecular weight excluding hydrogens is 199 g/mol. The standard InChI is InChI=1S/C11H13FO3/c1-2-15-11(14)10(13)9(12)8-6-4-3-5-7-8/h3-7,9-10,13H,2H2,1H3/t9-,10-/m0/s1. The van der Waals surface area contributed by atoms with E-state index in [1.807, 2.05) is 0 Å². The molecule has 0 aromatic heterocycles. The van der Waals surface area contributed by atoms with Crippen LogP contribution in [0.2, 0.25) is 0 Å². The molecule has 0 unspecified atom stereocenters. The molecule has 82 valence electrons. The number of rotatable bonds is 4. The molecule has 1 aromatic rings. The maximum absolute atomic E-state index is 13.6. The van der Waals surface area contributed by atoms with Gasteiger partial charge in [-0.3, -0.25) is 0 Å². The highest BCUT2D eigenvalue weighted by atomic mass is 19.1. The first-order chi connectivity index (χ1) is 7.16. The Morgan fingerprint density at radius 2 is 2.07 bits per heavy atom. The van der Waals surface area contributed by atoms with E-state index in [0.29, 0.717) is 0 Å². The van der Waals surface area contributed by atoms with Crippen LogP contribution in [0.15, 0.2) is 30.3 Å². The number of hydrogen-bond acceptors (Lipinski definition) is 3. The maximum atomic E-state index is 13.6. The Balaban J connectivity index is 2.68. The minimum Gasteiger partial charge on any atom is -0.464 e. The second-order valence-corrected chi connectivity index (χ2v) is 3.01. The Morgan fingerprint density at radius 1 is 1.47 bits per heavy atom. The monoisotopic (exact) mass is 212 g/mol. The Labute approximate surface area is 87.5 Å². The summed E-state index contributed by atoms with van der Waals surface area (Å²) in [5, 5.41) is 9.32. The Hall–Kier alpha value is -1.42. The molecule has 0 saturated carbocycles. The van der Waals surface area contributed by atoms with Gasteiger partial charge in [0, 0.05) is 0 Å². The summed E-state index contributed by atoms with van der Waals surface area (Å²) in [4.78, 5) is 11.0. The normalized spacial score (nSPS) is 14.3. The van der Waals surface area contributed by atoms with Crippen LogP contribution in [0.4, 0.5) is 4.39 Å². The number of aliphatic hydroxyl groups is 1. The summed E-state index contributed by atoms with van der Waals surface area (Å²) >= 11 is 0. The van der Waals surface area contributed by atoms with Crippen molar-refractivity contribution >= 4 is 5.97 Å². The van der Waals surface area contributed by atoms with E-state index in [0.717, 1.165) is 0 Å². The lowest BCUT2D eigenvalue weighted by molar-refractivity contribution is -0.156. The van der Waals surface area contributed by atoms with Crippen LogP contribution in [0, 0.1) is 0 Å². The molecule has 0 aliphatic carbocycles. The molecular formula is C11H13FO3. The molecule has 2 atom stereocenters. The number of halogens is 1. The Morgan fingerprint density at radius 3 is 2.60 bits per heavy atom. The van der Waals surface area contributed by atoms with Crippen molar-refractivity contribution < 1.29 is 19.0 Å². The highest BCUT2D eigenvalue weighted by molar-refractivity contribution is 5.75.